The quantitative estimate of drug-likeness (QED) is 0.482. The largest absolute Gasteiger partial charge is 0.347 e. The minimum Gasteiger partial charge on any atom is -0.347 e. The lowest BCUT2D eigenvalue weighted by Crippen LogP contribution is -2.10. The van der Waals surface area contributed by atoms with Crippen molar-refractivity contribution >= 4 is 0 Å². The Bertz CT molecular complexity index is 35.3. The first-order valence-electron chi connectivity index (χ1n) is 2.44. The fourth-order valence-corrected chi connectivity index (χ4v) is 0.383. The Morgan fingerprint density at radius 2 is 1.71 bits per heavy atom. The zero-order valence-electron chi connectivity index (χ0n) is 4.97. The fraction of sp³-hybridized carbons (Fsp3) is 1.00. The summed E-state index contributed by atoms with van der Waals surface area (Å²) in [5.41, 5.74) is 0. The van der Waals surface area contributed by atoms with Gasteiger partial charge in [0, 0.05) is 0 Å². The van der Waals surface area contributed by atoms with Gasteiger partial charge in [-0.2, -0.15) is 0 Å². The van der Waals surface area contributed by atoms with Crippen molar-refractivity contribution in [2.24, 2.45) is 0 Å². The molecule has 0 spiro atoms. The van der Waals surface area contributed by atoms with Crippen LogP contribution in [0.15, 0.2) is 0 Å². The van der Waals surface area contributed by atoms with Crippen molar-refractivity contribution in [2.45, 2.75) is 33.2 Å². The van der Waals surface area contributed by atoms with Crippen LogP contribution in [0.4, 0.5) is 0 Å². The Labute approximate surface area is 44.1 Å². The predicted molar refractivity (Wildman–Crippen MR) is 26.4 cm³/mol. The van der Waals surface area contributed by atoms with Gasteiger partial charge in [0.25, 0.3) is 0 Å². The topological polar surface area (TPSA) is 29.1 Å². The molecule has 0 rings (SSSR count). The van der Waals surface area contributed by atoms with E-state index in [1.165, 1.54) is 6.92 Å². The minimum atomic E-state index is -0.875. The molecular formula is C5H11O2. The van der Waals surface area contributed by atoms with Crippen molar-refractivity contribution in [1.82, 2.24) is 0 Å². The SMILES string of the molecule is CC(C)OC(C)[O]. The second-order valence-electron chi connectivity index (χ2n) is 1.75. The van der Waals surface area contributed by atoms with Gasteiger partial charge in [0.05, 0.1) is 6.10 Å². The highest BCUT2D eigenvalue weighted by atomic mass is 16.6. The molecule has 0 aliphatic heterocycles. The molecule has 0 bridgehead atoms. The molecule has 1 unspecified atom stereocenters. The summed E-state index contributed by atoms with van der Waals surface area (Å²) in [7, 11) is 0. The van der Waals surface area contributed by atoms with Gasteiger partial charge >= 0.3 is 0 Å². The molecule has 0 heterocycles. The third-order valence-corrected chi connectivity index (χ3v) is 0.464. The van der Waals surface area contributed by atoms with Crippen LogP contribution < -0.4 is 0 Å². The molecule has 43 valence electrons. The highest BCUT2D eigenvalue weighted by Crippen LogP contribution is 1.91. The summed E-state index contributed by atoms with van der Waals surface area (Å²) in [6.45, 7) is 5.17. The normalized spacial score (nSPS) is 15.0. The molecule has 2 heteroatoms. The molecule has 7 heavy (non-hydrogen) atoms. The van der Waals surface area contributed by atoms with Crippen LogP contribution in [0.1, 0.15) is 20.8 Å². The summed E-state index contributed by atoms with van der Waals surface area (Å²) in [5, 5.41) is 10.1. The highest BCUT2D eigenvalue weighted by Gasteiger charge is 1.97. The summed E-state index contributed by atoms with van der Waals surface area (Å²) >= 11 is 0. The number of hydrogen-bond acceptors (Lipinski definition) is 1. The first-order chi connectivity index (χ1) is 3.13. The van der Waals surface area contributed by atoms with E-state index in [4.69, 9.17) is 4.74 Å². The third kappa shape index (κ3) is 5.92. The van der Waals surface area contributed by atoms with Crippen LogP contribution in [0.25, 0.3) is 0 Å². The Kier molecular flexibility index (Phi) is 2.96. The second kappa shape index (κ2) is 2.99. The van der Waals surface area contributed by atoms with Gasteiger partial charge in [0.15, 0.2) is 6.29 Å². The van der Waals surface area contributed by atoms with Gasteiger partial charge < -0.3 is 4.74 Å². The summed E-state index contributed by atoms with van der Waals surface area (Å²) in [6, 6.07) is 0. The summed E-state index contributed by atoms with van der Waals surface area (Å²) in [4.78, 5) is 0. The molecule has 2 nitrogen and oxygen atoms in total. The number of rotatable bonds is 2. The molecule has 0 saturated heterocycles. The van der Waals surface area contributed by atoms with Gasteiger partial charge in [0.1, 0.15) is 0 Å². The molecule has 0 N–H and O–H groups in total. The van der Waals surface area contributed by atoms with E-state index < -0.39 is 6.29 Å². The van der Waals surface area contributed by atoms with E-state index in [0.717, 1.165) is 0 Å². The molecule has 0 aromatic heterocycles. The van der Waals surface area contributed by atoms with E-state index in [1.54, 1.807) is 0 Å². The van der Waals surface area contributed by atoms with Gasteiger partial charge in [0.2, 0.25) is 0 Å². The van der Waals surface area contributed by atoms with E-state index in [2.05, 4.69) is 0 Å². The molecule has 0 saturated carbocycles. The molecular weight excluding hydrogens is 92.1 g/mol. The van der Waals surface area contributed by atoms with E-state index in [0.29, 0.717) is 0 Å². The van der Waals surface area contributed by atoms with Gasteiger partial charge in [-0.25, -0.2) is 5.11 Å². The van der Waals surface area contributed by atoms with Crippen molar-refractivity contribution in [1.29, 1.82) is 0 Å². The van der Waals surface area contributed by atoms with Crippen LogP contribution in [-0.4, -0.2) is 12.4 Å². The predicted octanol–water partition coefficient (Wildman–Crippen LogP) is 1.19. The Morgan fingerprint density at radius 3 is 1.71 bits per heavy atom. The van der Waals surface area contributed by atoms with Crippen LogP contribution in [0.2, 0.25) is 0 Å². The van der Waals surface area contributed by atoms with Crippen LogP contribution in [0, 0.1) is 0 Å². The van der Waals surface area contributed by atoms with E-state index >= 15 is 0 Å². The molecule has 0 aliphatic rings. The maximum Gasteiger partial charge on any atom is 0.188 e. The molecule has 1 atom stereocenters. The minimum absolute atomic E-state index is 0.0625. The van der Waals surface area contributed by atoms with Crippen LogP contribution in [-0.2, 0) is 9.84 Å². The lowest BCUT2D eigenvalue weighted by Gasteiger charge is -2.06. The van der Waals surface area contributed by atoms with E-state index in [-0.39, 0.29) is 6.10 Å². The first kappa shape index (κ1) is 6.92. The molecule has 0 aliphatic carbocycles. The smallest absolute Gasteiger partial charge is 0.188 e. The Balaban J connectivity index is 2.95. The fourth-order valence-electron chi connectivity index (χ4n) is 0.383. The summed E-state index contributed by atoms with van der Waals surface area (Å²) in [6.07, 6.45) is -0.813. The van der Waals surface area contributed by atoms with Crippen LogP contribution in [0.3, 0.4) is 0 Å². The molecule has 0 aromatic carbocycles. The molecule has 0 aromatic rings. The maximum absolute atomic E-state index is 10.1. The zero-order valence-corrected chi connectivity index (χ0v) is 4.97. The van der Waals surface area contributed by atoms with Crippen molar-refractivity contribution in [2.75, 3.05) is 0 Å². The van der Waals surface area contributed by atoms with Gasteiger partial charge in [-0.05, 0) is 20.8 Å². The third-order valence-electron chi connectivity index (χ3n) is 0.464. The summed E-state index contributed by atoms with van der Waals surface area (Å²) < 4.78 is 4.69. The zero-order chi connectivity index (χ0) is 5.86. The standard InChI is InChI=1S/C5H11O2/c1-4(2)7-5(3)6/h4-5H,1-3H3. The molecule has 1 radical (unpaired) electrons. The van der Waals surface area contributed by atoms with Gasteiger partial charge in [-0.3, -0.25) is 0 Å². The summed E-state index contributed by atoms with van der Waals surface area (Å²) in [5.74, 6) is 0. The van der Waals surface area contributed by atoms with Crippen molar-refractivity contribution < 1.29 is 9.84 Å². The van der Waals surface area contributed by atoms with E-state index in [9.17, 15) is 5.11 Å². The average molecular weight is 103 g/mol. The first-order valence-corrected chi connectivity index (χ1v) is 2.44. The van der Waals surface area contributed by atoms with Crippen molar-refractivity contribution in [3.8, 4) is 0 Å². The second-order valence-corrected chi connectivity index (χ2v) is 1.75. The highest BCUT2D eigenvalue weighted by molar-refractivity contribution is 4.34. The monoisotopic (exact) mass is 103 g/mol. The Morgan fingerprint density at radius 1 is 1.29 bits per heavy atom. The lowest BCUT2D eigenvalue weighted by molar-refractivity contribution is -0.148. The van der Waals surface area contributed by atoms with Crippen molar-refractivity contribution in [3.63, 3.8) is 0 Å². The number of hydrogen-bond donors (Lipinski definition) is 0. The average Bonchev–Trinajstić information content (AvgIpc) is 1.27. The van der Waals surface area contributed by atoms with Gasteiger partial charge in [-0.15, -0.1) is 0 Å². The Hall–Kier alpha value is -0.0800. The maximum atomic E-state index is 10.1. The molecule has 0 amide bonds. The lowest BCUT2D eigenvalue weighted by atomic mass is 10.5. The van der Waals surface area contributed by atoms with Crippen LogP contribution >= 0.6 is 0 Å². The van der Waals surface area contributed by atoms with Gasteiger partial charge in [-0.1, -0.05) is 0 Å². The number of ether oxygens (including phenoxy) is 1. The van der Waals surface area contributed by atoms with Crippen molar-refractivity contribution in [3.05, 3.63) is 0 Å². The van der Waals surface area contributed by atoms with E-state index in [1.807, 2.05) is 13.8 Å². The molecule has 0 fully saturated rings. The van der Waals surface area contributed by atoms with Crippen LogP contribution in [0.5, 0.6) is 0 Å².